The van der Waals surface area contributed by atoms with Crippen LogP contribution in [0.3, 0.4) is 0 Å². The van der Waals surface area contributed by atoms with Gasteiger partial charge in [-0.3, -0.25) is 0 Å². The fourth-order valence-corrected chi connectivity index (χ4v) is 1.08. The van der Waals surface area contributed by atoms with Gasteiger partial charge in [0.1, 0.15) is 13.2 Å². The van der Waals surface area contributed by atoms with Crippen molar-refractivity contribution in [3.63, 3.8) is 0 Å². The molecule has 0 aromatic heterocycles. The molecule has 0 bridgehead atoms. The minimum absolute atomic E-state index is 0.260. The van der Waals surface area contributed by atoms with E-state index < -0.39 is 12.3 Å². The van der Waals surface area contributed by atoms with E-state index >= 15 is 0 Å². The van der Waals surface area contributed by atoms with Crippen molar-refractivity contribution in [2.75, 3.05) is 7.11 Å². The molecule has 0 heterocycles. The topological polar surface area (TPSA) is 41.8 Å². The number of unbranched alkanes of at least 4 members (excludes halogenated alkanes) is 1. The van der Waals surface area contributed by atoms with Crippen LogP contribution in [0.1, 0.15) is 32.6 Å². The molecule has 0 aliphatic rings. The maximum Gasteiger partial charge on any atom is 0.414 e. The van der Waals surface area contributed by atoms with Gasteiger partial charge in [-0.2, -0.15) is 13.2 Å². The molecule has 0 rings (SSSR count). The molecule has 1 atom stereocenters. The van der Waals surface area contributed by atoms with Crippen molar-refractivity contribution in [2.24, 2.45) is 5.16 Å². The molecule has 0 radical (unpaired) electrons. The normalized spacial score (nSPS) is 15.2. The average molecular weight is 227 g/mol. The highest BCUT2D eigenvalue weighted by atomic mass is 19.4. The lowest BCUT2D eigenvalue weighted by Crippen LogP contribution is -2.28. The Morgan fingerprint density at radius 1 is 1.40 bits per heavy atom. The lowest BCUT2D eigenvalue weighted by Gasteiger charge is -2.13. The van der Waals surface area contributed by atoms with Gasteiger partial charge >= 0.3 is 6.18 Å². The first kappa shape index (κ1) is 14.2. The molecule has 0 aromatic carbocycles. The van der Waals surface area contributed by atoms with E-state index in [1.165, 1.54) is 7.11 Å². The molecule has 0 aliphatic carbocycles. The Morgan fingerprint density at radius 2 is 2.00 bits per heavy atom. The van der Waals surface area contributed by atoms with E-state index in [0.717, 1.165) is 5.71 Å². The van der Waals surface area contributed by atoms with Crippen LogP contribution in [-0.2, 0) is 4.84 Å². The Morgan fingerprint density at radius 3 is 2.47 bits per heavy atom. The van der Waals surface area contributed by atoms with Crippen molar-refractivity contribution in [2.45, 2.75) is 44.9 Å². The lowest BCUT2D eigenvalue weighted by molar-refractivity contribution is -0.205. The van der Waals surface area contributed by atoms with Crippen molar-refractivity contribution in [1.29, 1.82) is 0 Å². The van der Waals surface area contributed by atoms with Gasteiger partial charge in [0.15, 0.2) is 0 Å². The molecule has 0 aromatic rings. The van der Waals surface area contributed by atoms with Gasteiger partial charge < -0.3 is 9.94 Å². The predicted octanol–water partition coefficient (Wildman–Crippen LogP) is 2.49. The number of aliphatic hydroxyl groups is 1. The van der Waals surface area contributed by atoms with E-state index in [0.29, 0.717) is 19.3 Å². The number of alkyl halides is 3. The van der Waals surface area contributed by atoms with Crippen molar-refractivity contribution in [1.82, 2.24) is 0 Å². The van der Waals surface area contributed by atoms with Crippen LogP contribution in [0.25, 0.3) is 0 Å². The third kappa shape index (κ3) is 7.18. The molecule has 0 saturated carbocycles. The number of rotatable bonds is 6. The second-order valence-corrected chi connectivity index (χ2v) is 3.31. The molecule has 0 aliphatic heterocycles. The summed E-state index contributed by atoms with van der Waals surface area (Å²) in [6.07, 6.45) is -5.52. The molecule has 0 saturated heterocycles. The molecule has 0 amide bonds. The van der Waals surface area contributed by atoms with Crippen LogP contribution < -0.4 is 0 Å². The van der Waals surface area contributed by atoms with Crippen LogP contribution in [0, 0.1) is 0 Å². The Kier molecular flexibility index (Phi) is 6.31. The summed E-state index contributed by atoms with van der Waals surface area (Å²) in [4.78, 5) is 4.49. The predicted molar refractivity (Wildman–Crippen MR) is 50.6 cm³/mol. The molecular weight excluding hydrogens is 211 g/mol. The van der Waals surface area contributed by atoms with Crippen molar-refractivity contribution >= 4 is 5.71 Å². The van der Waals surface area contributed by atoms with E-state index in [1.807, 2.05) is 0 Å². The minimum atomic E-state index is -4.50. The van der Waals surface area contributed by atoms with E-state index in [9.17, 15) is 13.2 Å². The second-order valence-electron chi connectivity index (χ2n) is 3.31. The van der Waals surface area contributed by atoms with Crippen LogP contribution in [0.2, 0.25) is 0 Å². The standard InChI is InChI=1S/C9H16F3NO2/c1-7(13-15-2)5-3-4-6-8(14)9(10,11)12/h8,14H,3-6H2,1-2H3/b13-7-. The smallest absolute Gasteiger partial charge is 0.399 e. The Balaban J connectivity index is 3.59. The summed E-state index contributed by atoms with van der Waals surface area (Å²) in [5, 5.41) is 12.3. The van der Waals surface area contributed by atoms with E-state index in [4.69, 9.17) is 5.11 Å². The number of halogens is 3. The zero-order chi connectivity index (χ0) is 11.9. The summed E-state index contributed by atoms with van der Waals surface area (Å²) in [6.45, 7) is 1.74. The number of nitrogens with zero attached hydrogens (tertiary/aromatic N) is 1. The van der Waals surface area contributed by atoms with Gasteiger partial charge in [-0.25, -0.2) is 0 Å². The maximum atomic E-state index is 11.9. The van der Waals surface area contributed by atoms with Crippen molar-refractivity contribution in [3.05, 3.63) is 0 Å². The summed E-state index contributed by atoms with van der Waals surface area (Å²) in [5.74, 6) is 0. The van der Waals surface area contributed by atoms with Crippen molar-refractivity contribution < 1.29 is 23.1 Å². The molecule has 15 heavy (non-hydrogen) atoms. The van der Waals surface area contributed by atoms with E-state index in [1.54, 1.807) is 6.92 Å². The van der Waals surface area contributed by atoms with Crippen LogP contribution in [0.15, 0.2) is 5.16 Å². The third-order valence-corrected chi connectivity index (χ3v) is 1.89. The number of hydrogen-bond acceptors (Lipinski definition) is 3. The molecule has 0 spiro atoms. The molecule has 90 valence electrons. The Bertz CT molecular complexity index is 204. The monoisotopic (exact) mass is 227 g/mol. The molecule has 3 nitrogen and oxygen atoms in total. The van der Waals surface area contributed by atoms with Gasteiger partial charge in [0.2, 0.25) is 0 Å². The van der Waals surface area contributed by atoms with E-state index in [-0.39, 0.29) is 6.42 Å². The quantitative estimate of drug-likeness (QED) is 0.430. The highest BCUT2D eigenvalue weighted by Crippen LogP contribution is 2.23. The molecular formula is C9H16F3NO2. The van der Waals surface area contributed by atoms with Gasteiger partial charge in [-0.1, -0.05) is 11.6 Å². The molecule has 6 heteroatoms. The summed E-state index contributed by atoms with van der Waals surface area (Å²) >= 11 is 0. The minimum Gasteiger partial charge on any atom is -0.399 e. The van der Waals surface area contributed by atoms with Crippen molar-refractivity contribution in [3.8, 4) is 0 Å². The Labute approximate surface area is 86.9 Å². The third-order valence-electron chi connectivity index (χ3n) is 1.89. The van der Waals surface area contributed by atoms with Crippen LogP contribution in [0.5, 0.6) is 0 Å². The highest BCUT2D eigenvalue weighted by molar-refractivity contribution is 5.81. The molecule has 0 fully saturated rings. The van der Waals surface area contributed by atoms with Gasteiger partial charge in [-0.15, -0.1) is 0 Å². The Hall–Kier alpha value is -0.780. The average Bonchev–Trinajstić information content (AvgIpc) is 2.11. The lowest BCUT2D eigenvalue weighted by atomic mass is 10.1. The highest BCUT2D eigenvalue weighted by Gasteiger charge is 2.37. The zero-order valence-corrected chi connectivity index (χ0v) is 8.84. The maximum absolute atomic E-state index is 11.9. The van der Waals surface area contributed by atoms with Gasteiger partial charge in [0.25, 0.3) is 0 Å². The van der Waals surface area contributed by atoms with Crippen LogP contribution in [0.4, 0.5) is 13.2 Å². The number of hydrogen-bond donors (Lipinski definition) is 1. The fourth-order valence-electron chi connectivity index (χ4n) is 1.08. The first-order valence-corrected chi connectivity index (χ1v) is 4.69. The number of aliphatic hydroxyl groups excluding tert-OH is 1. The largest absolute Gasteiger partial charge is 0.414 e. The van der Waals surface area contributed by atoms with Crippen LogP contribution >= 0.6 is 0 Å². The first-order valence-electron chi connectivity index (χ1n) is 4.69. The van der Waals surface area contributed by atoms with Gasteiger partial charge in [-0.05, 0) is 26.2 Å². The van der Waals surface area contributed by atoms with E-state index in [2.05, 4.69) is 9.99 Å². The molecule has 1 unspecified atom stereocenters. The zero-order valence-electron chi connectivity index (χ0n) is 8.84. The summed E-state index contributed by atoms with van der Waals surface area (Å²) in [5.41, 5.74) is 0.735. The summed E-state index contributed by atoms with van der Waals surface area (Å²) < 4.78 is 35.6. The summed E-state index contributed by atoms with van der Waals surface area (Å²) in [7, 11) is 1.41. The van der Waals surface area contributed by atoms with Crippen LogP contribution in [-0.4, -0.2) is 30.2 Å². The SMILES string of the molecule is CO/N=C(/C)CCCCC(O)C(F)(F)F. The summed E-state index contributed by atoms with van der Waals surface area (Å²) in [6, 6.07) is 0. The van der Waals surface area contributed by atoms with Gasteiger partial charge in [0.05, 0.1) is 5.71 Å². The van der Waals surface area contributed by atoms with Gasteiger partial charge in [0, 0.05) is 0 Å². The molecule has 1 N–H and O–H groups in total. The first-order chi connectivity index (χ1) is 6.88. The second kappa shape index (κ2) is 6.66. The fraction of sp³-hybridized carbons (Fsp3) is 0.889. The number of oxime groups is 1.